The third-order valence-corrected chi connectivity index (χ3v) is 7.44. The molecule has 2 heterocycles. The van der Waals surface area contributed by atoms with Gasteiger partial charge in [-0.05, 0) is 37.1 Å². The van der Waals surface area contributed by atoms with Crippen LogP contribution in [0.25, 0.3) is 11.0 Å². The van der Waals surface area contributed by atoms with E-state index in [0.29, 0.717) is 29.4 Å². The molecule has 1 aliphatic heterocycles. The summed E-state index contributed by atoms with van der Waals surface area (Å²) in [6, 6.07) is 9.92. The smallest absolute Gasteiger partial charge is 0.305 e. The topological polar surface area (TPSA) is 81.4 Å². The van der Waals surface area contributed by atoms with Crippen molar-refractivity contribution in [2.24, 2.45) is 14.1 Å². The second-order valence-corrected chi connectivity index (χ2v) is 9.06. The van der Waals surface area contributed by atoms with Gasteiger partial charge >= 0.3 is 11.1 Å². The van der Waals surface area contributed by atoms with Gasteiger partial charge in [0.1, 0.15) is 5.82 Å². The van der Waals surface area contributed by atoms with Crippen LogP contribution in [-0.2, 0) is 24.1 Å². The molecular formula is C20H20FN3O4S. The lowest BCUT2D eigenvalue weighted by Gasteiger charge is -2.25. The van der Waals surface area contributed by atoms with Crippen LogP contribution in [0.3, 0.4) is 0 Å². The molecule has 9 heteroatoms. The van der Waals surface area contributed by atoms with E-state index in [4.69, 9.17) is 0 Å². The van der Waals surface area contributed by atoms with Crippen LogP contribution in [0, 0.1) is 5.82 Å². The fraction of sp³-hybridized carbons (Fsp3) is 0.300. The molecule has 0 amide bonds. The Morgan fingerprint density at radius 2 is 1.62 bits per heavy atom. The molecule has 0 bridgehead atoms. The van der Waals surface area contributed by atoms with Crippen LogP contribution in [0.1, 0.15) is 24.4 Å². The van der Waals surface area contributed by atoms with Gasteiger partial charge in [-0.1, -0.05) is 18.2 Å². The molecule has 1 saturated heterocycles. The maximum Gasteiger partial charge on any atom is 0.316 e. The van der Waals surface area contributed by atoms with Crippen LogP contribution in [-0.4, -0.2) is 28.4 Å². The van der Waals surface area contributed by atoms with Crippen LogP contribution < -0.4 is 11.1 Å². The Morgan fingerprint density at radius 3 is 2.31 bits per heavy atom. The van der Waals surface area contributed by atoms with Gasteiger partial charge in [-0.15, -0.1) is 0 Å². The summed E-state index contributed by atoms with van der Waals surface area (Å²) < 4.78 is 44.7. The van der Waals surface area contributed by atoms with Gasteiger partial charge in [-0.3, -0.25) is 9.59 Å². The summed E-state index contributed by atoms with van der Waals surface area (Å²) >= 11 is 0. The first-order valence-electron chi connectivity index (χ1n) is 9.19. The van der Waals surface area contributed by atoms with Crippen LogP contribution in [0.5, 0.6) is 0 Å². The van der Waals surface area contributed by atoms with E-state index in [1.165, 1.54) is 47.2 Å². The fourth-order valence-electron chi connectivity index (χ4n) is 3.94. The summed E-state index contributed by atoms with van der Waals surface area (Å²) in [4.78, 5) is 24.1. The minimum Gasteiger partial charge on any atom is -0.305 e. The summed E-state index contributed by atoms with van der Waals surface area (Å²) in [5.74, 6) is -0.435. The van der Waals surface area contributed by atoms with Crippen molar-refractivity contribution in [1.29, 1.82) is 0 Å². The van der Waals surface area contributed by atoms with Crippen molar-refractivity contribution in [3.8, 4) is 0 Å². The number of rotatable bonds is 3. The molecule has 1 fully saturated rings. The standard InChI is InChI=1S/C20H20FN3O4S/c1-22-17-10-9-13(12-18(17)23(2)20(26)19(22)25)29(27,28)24-11-5-8-16(24)14-6-3-4-7-15(14)21/h3-4,6-7,9-10,12,16H,5,8,11H2,1-2H3. The Bertz CT molecular complexity index is 1340. The van der Waals surface area contributed by atoms with E-state index in [9.17, 15) is 22.4 Å². The largest absolute Gasteiger partial charge is 0.316 e. The predicted molar refractivity (Wildman–Crippen MR) is 107 cm³/mol. The van der Waals surface area contributed by atoms with Crippen molar-refractivity contribution >= 4 is 21.1 Å². The van der Waals surface area contributed by atoms with Crippen LogP contribution in [0.4, 0.5) is 4.39 Å². The van der Waals surface area contributed by atoms with Crippen molar-refractivity contribution < 1.29 is 12.8 Å². The van der Waals surface area contributed by atoms with E-state index in [1.54, 1.807) is 18.2 Å². The van der Waals surface area contributed by atoms with E-state index in [-0.39, 0.29) is 11.4 Å². The van der Waals surface area contributed by atoms with Crippen molar-refractivity contribution in [1.82, 2.24) is 13.4 Å². The number of nitrogens with zero attached hydrogens (tertiary/aromatic N) is 3. The summed E-state index contributed by atoms with van der Waals surface area (Å²) in [5.41, 5.74) is -0.290. The number of benzene rings is 2. The molecule has 0 N–H and O–H groups in total. The summed E-state index contributed by atoms with van der Waals surface area (Å²) in [6.45, 7) is 0.283. The summed E-state index contributed by atoms with van der Waals surface area (Å²) in [6.07, 6.45) is 1.15. The van der Waals surface area contributed by atoms with E-state index < -0.39 is 33.0 Å². The van der Waals surface area contributed by atoms with E-state index in [0.717, 1.165) is 4.57 Å². The third kappa shape index (κ3) is 3.01. The number of aromatic nitrogens is 2. The Morgan fingerprint density at radius 1 is 0.966 bits per heavy atom. The maximum atomic E-state index is 14.3. The first-order chi connectivity index (χ1) is 13.7. The highest BCUT2D eigenvalue weighted by molar-refractivity contribution is 7.89. The average Bonchev–Trinajstić information content (AvgIpc) is 3.21. The van der Waals surface area contributed by atoms with Crippen molar-refractivity contribution in [2.45, 2.75) is 23.8 Å². The summed E-state index contributed by atoms with van der Waals surface area (Å²) in [5, 5.41) is 0. The highest BCUT2D eigenvalue weighted by Gasteiger charge is 2.37. The number of hydrogen-bond acceptors (Lipinski definition) is 4. The van der Waals surface area contributed by atoms with Gasteiger partial charge in [0.25, 0.3) is 0 Å². The Labute approximate surface area is 166 Å². The fourth-order valence-corrected chi connectivity index (χ4v) is 5.64. The van der Waals surface area contributed by atoms with E-state index >= 15 is 0 Å². The molecule has 1 aliphatic rings. The highest BCUT2D eigenvalue weighted by atomic mass is 32.2. The Kier molecular flexibility index (Phi) is 4.66. The lowest BCUT2D eigenvalue weighted by molar-refractivity contribution is 0.386. The molecule has 0 spiro atoms. The van der Waals surface area contributed by atoms with Gasteiger partial charge in [-0.2, -0.15) is 4.31 Å². The molecule has 0 radical (unpaired) electrons. The molecule has 4 rings (SSSR count). The number of halogens is 1. The van der Waals surface area contributed by atoms with Crippen LogP contribution in [0.15, 0.2) is 56.9 Å². The number of fused-ring (bicyclic) bond motifs is 1. The third-order valence-electron chi connectivity index (χ3n) is 5.54. The molecule has 29 heavy (non-hydrogen) atoms. The molecule has 3 aromatic rings. The predicted octanol–water partition coefficient (Wildman–Crippen LogP) is 1.90. The highest BCUT2D eigenvalue weighted by Crippen LogP contribution is 2.37. The number of sulfonamides is 1. The first kappa shape index (κ1) is 19.5. The SMILES string of the molecule is Cn1c(=O)c(=O)n(C)c2cc(S(=O)(=O)N3CCCC3c3ccccc3F)ccc21. The molecule has 7 nitrogen and oxygen atoms in total. The van der Waals surface area contributed by atoms with E-state index in [1.807, 2.05) is 0 Å². The van der Waals surface area contributed by atoms with E-state index in [2.05, 4.69) is 0 Å². The first-order valence-corrected chi connectivity index (χ1v) is 10.6. The average molecular weight is 417 g/mol. The lowest BCUT2D eigenvalue weighted by Crippen LogP contribution is -2.39. The monoisotopic (exact) mass is 417 g/mol. The van der Waals surface area contributed by atoms with Crippen LogP contribution >= 0.6 is 0 Å². The Hall–Kier alpha value is -2.78. The minimum atomic E-state index is -3.93. The zero-order valence-electron chi connectivity index (χ0n) is 16.0. The quantitative estimate of drug-likeness (QED) is 0.610. The van der Waals surface area contributed by atoms with Crippen molar-refractivity contribution in [2.75, 3.05) is 6.54 Å². The molecule has 1 aromatic heterocycles. The Balaban J connectivity index is 1.85. The molecule has 2 aromatic carbocycles. The zero-order valence-corrected chi connectivity index (χ0v) is 16.8. The summed E-state index contributed by atoms with van der Waals surface area (Å²) in [7, 11) is -1.03. The van der Waals surface area contributed by atoms with Crippen molar-refractivity contribution in [3.05, 3.63) is 74.6 Å². The zero-order chi connectivity index (χ0) is 20.9. The van der Waals surface area contributed by atoms with Gasteiger partial charge in [0.05, 0.1) is 22.0 Å². The van der Waals surface area contributed by atoms with Gasteiger partial charge in [-0.25, -0.2) is 12.8 Å². The molecule has 1 atom stereocenters. The van der Waals surface area contributed by atoms with Crippen LogP contribution in [0.2, 0.25) is 0 Å². The molecular weight excluding hydrogens is 397 g/mol. The molecule has 0 saturated carbocycles. The number of hydrogen-bond donors (Lipinski definition) is 0. The normalized spacial score (nSPS) is 17.8. The minimum absolute atomic E-state index is 0.00175. The molecule has 0 aliphatic carbocycles. The van der Waals surface area contributed by atoms with Gasteiger partial charge in [0.2, 0.25) is 10.0 Å². The van der Waals surface area contributed by atoms with Gasteiger partial charge in [0, 0.05) is 26.2 Å². The lowest BCUT2D eigenvalue weighted by atomic mass is 10.1. The number of aryl methyl sites for hydroxylation is 2. The second kappa shape index (κ2) is 6.93. The van der Waals surface area contributed by atoms with Gasteiger partial charge in [0.15, 0.2) is 0 Å². The molecule has 1 unspecified atom stereocenters. The van der Waals surface area contributed by atoms with Gasteiger partial charge < -0.3 is 9.13 Å². The van der Waals surface area contributed by atoms with Crippen molar-refractivity contribution in [3.63, 3.8) is 0 Å². The molecule has 152 valence electrons. The second-order valence-electron chi connectivity index (χ2n) is 7.17. The maximum absolute atomic E-state index is 14.3.